The molecule has 0 bridgehead atoms. The average Bonchev–Trinajstić information content (AvgIpc) is 2.93. The number of benzene rings is 2. The Bertz CT molecular complexity index is 871. The van der Waals surface area contributed by atoms with E-state index in [4.69, 9.17) is 12.2 Å². The van der Waals surface area contributed by atoms with Crippen LogP contribution in [0.1, 0.15) is 11.1 Å². The van der Waals surface area contributed by atoms with Crippen molar-refractivity contribution in [2.24, 2.45) is 5.10 Å². The SMILES string of the molecule is Oc1ccccc1/C=N/n1c(SCc2ccccc2)n[nH]c1=S. The third kappa shape index (κ3) is 3.88. The van der Waals surface area contributed by atoms with Gasteiger partial charge in [0.05, 0.1) is 6.21 Å². The van der Waals surface area contributed by atoms with Gasteiger partial charge in [-0.15, -0.1) is 5.10 Å². The summed E-state index contributed by atoms with van der Waals surface area (Å²) in [6.45, 7) is 0. The van der Waals surface area contributed by atoms with Crippen LogP contribution in [-0.2, 0) is 5.75 Å². The van der Waals surface area contributed by atoms with Crippen LogP contribution >= 0.6 is 24.0 Å². The maximum atomic E-state index is 9.77. The summed E-state index contributed by atoms with van der Waals surface area (Å²) in [6.07, 6.45) is 1.56. The molecule has 2 N–H and O–H groups in total. The molecular weight excluding hydrogens is 328 g/mol. The van der Waals surface area contributed by atoms with Gasteiger partial charge < -0.3 is 5.11 Å². The molecule has 1 aromatic heterocycles. The van der Waals surface area contributed by atoms with Crippen LogP contribution in [0.15, 0.2) is 64.9 Å². The van der Waals surface area contributed by atoms with Crippen LogP contribution < -0.4 is 0 Å². The molecule has 0 amide bonds. The molecule has 0 aliphatic carbocycles. The Balaban J connectivity index is 1.79. The number of hydrogen-bond donors (Lipinski definition) is 2. The molecule has 1 heterocycles. The summed E-state index contributed by atoms with van der Waals surface area (Å²) in [5, 5.41) is 21.7. The van der Waals surface area contributed by atoms with Crippen molar-refractivity contribution in [1.29, 1.82) is 0 Å². The van der Waals surface area contributed by atoms with Gasteiger partial charge in [-0.1, -0.05) is 54.2 Å². The molecule has 23 heavy (non-hydrogen) atoms. The van der Waals surface area contributed by atoms with Gasteiger partial charge in [-0.3, -0.25) is 0 Å². The van der Waals surface area contributed by atoms with E-state index in [9.17, 15) is 5.11 Å². The Labute approximate surface area is 142 Å². The maximum absolute atomic E-state index is 9.77. The summed E-state index contributed by atoms with van der Waals surface area (Å²) in [5.74, 6) is 0.941. The average molecular weight is 342 g/mol. The highest BCUT2D eigenvalue weighted by atomic mass is 32.2. The van der Waals surface area contributed by atoms with Crippen LogP contribution in [0.4, 0.5) is 0 Å². The van der Waals surface area contributed by atoms with Gasteiger partial charge in [-0.25, -0.2) is 5.10 Å². The van der Waals surface area contributed by atoms with E-state index >= 15 is 0 Å². The second kappa shape index (κ2) is 7.26. The zero-order chi connectivity index (χ0) is 16.1. The normalized spacial score (nSPS) is 11.1. The van der Waals surface area contributed by atoms with Crippen LogP contribution in [0.3, 0.4) is 0 Å². The van der Waals surface area contributed by atoms with E-state index < -0.39 is 0 Å². The Hall–Kier alpha value is -2.38. The lowest BCUT2D eigenvalue weighted by Gasteiger charge is -2.02. The highest BCUT2D eigenvalue weighted by Crippen LogP contribution is 2.21. The summed E-state index contributed by atoms with van der Waals surface area (Å²) < 4.78 is 1.96. The molecule has 116 valence electrons. The van der Waals surface area contributed by atoms with E-state index in [-0.39, 0.29) is 5.75 Å². The van der Waals surface area contributed by atoms with Crippen molar-refractivity contribution >= 4 is 30.2 Å². The minimum absolute atomic E-state index is 0.171. The molecule has 0 spiro atoms. The van der Waals surface area contributed by atoms with Crippen LogP contribution in [0.25, 0.3) is 0 Å². The molecular formula is C16H14N4OS2. The molecule has 0 aliphatic rings. The van der Waals surface area contributed by atoms with Crippen LogP contribution in [0.5, 0.6) is 5.75 Å². The summed E-state index contributed by atoms with van der Waals surface area (Å²) in [4.78, 5) is 0. The Morgan fingerprint density at radius 2 is 1.91 bits per heavy atom. The van der Waals surface area contributed by atoms with Crippen molar-refractivity contribution < 1.29 is 5.11 Å². The third-order valence-electron chi connectivity index (χ3n) is 3.08. The Morgan fingerprint density at radius 1 is 1.17 bits per heavy atom. The number of aromatic nitrogens is 3. The molecule has 5 nitrogen and oxygen atoms in total. The van der Waals surface area contributed by atoms with Crippen molar-refractivity contribution in [3.8, 4) is 5.75 Å². The molecule has 3 aromatic rings. The number of nitrogens with zero attached hydrogens (tertiary/aromatic N) is 3. The minimum atomic E-state index is 0.171. The quantitative estimate of drug-likeness (QED) is 0.420. The number of para-hydroxylation sites is 1. The zero-order valence-electron chi connectivity index (χ0n) is 12.1. The second-order valence-corrected chi connectivity index (χ2v) is 6.03. The van der Waals surface area contributed by atoms with E-state index in [1.165, 1.54) is 17.3 Å². The van der Waals surface area contributed by atoms with Crippen LogP contribution in [0, 0.1) is 4.77 Å². The molecule has 3 rings (SSSR count). The minimum Gasteiger partial charge on any atom is -0.507 e. The van der Waals surface area contributed by atoms with Gasteiger partial charge in [-0.05, 0) is 29.9 Å². The van der Waals surface area contributed by atoms with Crippen LogP contribution in [0.2, 0.25) is 0 Å². The first-order chi connectivity index (χ1) is 11.2. The highest BCUT2D eigenvalue weighted by molar-refractivity contribution is 7.98. The van der Waals surface area contributed by atoms with Crippen molar-refractivity contribution in [2.45, 2.75) is 10.9 Å². The van der Waals surface area contributed by atoms with E-state index in [1.54, 1.807) is 29.1 Å². The van der Waals surface area contributed by atoms with Gasteiger partial charge in [0.15, 0.2) is 0 Å². The number of rotatable bonds is 5. The van der Waals surface area contributed by atoms with Gasteiger partial charge in [0, 0.05) is 11.3 Å². The predicted octanol–water partition coefficient (Wildman–Crippen LogP) is 3.82. The first kappa shape index (κ1) is 15.5. The summed E-state index contributed by atoms with van der Waals surface area (Å²) in [5.41, 5.74) is 1.82. The van der Waals surface area contributed by atoms with Gasteiger partial charge in [0.25, 0.3) is 0 Å². The molecule has 0 aliphatic heterocycles. The van der Waals surface area contributed by atoms with E-state index in [1.807, 2.05) is 24.3 Å². The Kier molecular flexibility index (Phi) is 4.89. The van der Waals surface area contributed by atoms with E-state index in [0.29, 0.717) is 15.5 Å². The van der Waals surface area contributed by atoms with Crippen molar-refractivity contribution in [2.75, 3.05) is 0 Å². The summed E-state index contributed by atoms with van der Waals surface area (Å²) in [6, 6.07) is 17.1. The van der Waals surface area contributed by atoms with Crippen molar-refractivity contribution in [3.05, 3.63) is 70.5 Å². The van der Waals surface area contributed by atoms with Gasteiger partial charge in [0.1, 0.15) is 5.75 Å². The van der Waals surface area contributed by atoms with Crippen molar-refractivity contribution in [1.82, 2.24) is 14.9 Å². The number of H-pyrrole nitrogens is 1. The standard InChI is InChI=1S/C16H14N4OS2/c21-14-9-5-4-8-13(14)10-17-20-15(22)18-19-16(20)23-11-12-6-2-1-3-7-12/h1-10,21H,11H2,(H,18,22)/b17-10+. The molecule has 0 saturated carbocycles. The van der Waals surface area contributed by atoms with E-state index in [0.717, 1.165) is 5.75 Å². The van der Waals surface area contributed by atoms with Crippen LogP contribution in [-0.4, -0.2) is 26.2 Å². The summed E-state index contributed by atoms with van der Waals surface area (Å²) in [7, 11) is 0. The molecule has 0 fully saturated rings. The third-order valence-corrected chi connectivity index (χ3v) is 4.34. The lowest BCUT2D eigenvalue weighted by Crippen LogP contribution is -1.94. The number of aromatic amines is 1. The number of phenols is 1. The second-order valence-electron chi connectivity index (χ2n) is 4.70. The zero-order valence-corrected chi connectivity index (χ0v) is 13.7. The monoisotopic (exact) mass is 342 g/mol. The largest absolute Gasteiger partial charge is 0.507 e. The number of aromatic hydroxyl groups is 1. The molecule has 7 heteroatoms. The topological polar surface area (TPSA) is 66.2 Å². The molecule has 0 atom stereocenters. The van der Waals surface area contributed by atoms with Gasteiger partial charge >= 0.3 is 0 Å². The lowest BCUT2D eigenvalue weighted by atomic mass is 10.2. The smallest absolute Gasteiger partial charge is 0.217 e. The number of thioether (sulfide) groups is 1. The fraction of sp³-hybridized carbons (Fsp3) is 0.0625. The first-order valence-electron chi connectivity index (χ1n) is 6.90. The molecule has 0 saturated heterocycles. The van der Waals surface area contributed by atoms with Gasteiger partial charge in [0.2, 0.25) is 9.93 Å². The number of phenolic OH excluding ortho intramolecular Hbond substituents is 1. The predicted molar refractivity (Wildman–Crippen MR) is 94.5 cm³/mol. The van der Waals surface area contributed by atoms with Crippen molar-refractivity contribution in [3.63, 3.8) is 0 Å². The molecule has 0 unspecified atom stereocenters. The maximum Gasteiger partial charge on any atom is 0.217 e. The molecule has 0 radical (unpaired) electrons. The van der Waals surface area contributed by atoms with Gasteiger partial charge in [-0.2, -0.15) is 9.78 Å². The fourth-order valence-electron chi connectivity index (χ4n) is 1.91. The fourth-order valence-corrected chi connectivity index (χ4v) is 3.01. The Morgan fingerprint density at radius 3 is 2.70 bits per heavy atom. The first-order valence-corrected chi connectivity index (χ1v) is 8.30. The lowest BCUT2D eigenvalue weighted by molar-refractivity contribution is 0.474. The number of hydrogen-bond acceptors (Lipinski definition) is 5. The molecule has 2 aromatic carbocycles. The number of nitrogens with one attached hydrogen (secondary N) is 1. The highest BCUT2D eigenvalue weighted by Gasteiger charge is 2.06. The summed E-state index contributed by atoms with van der Waals surface area (Å²) >= 11 is 6.75. The van der Waals surface area contributed by atoms with E-state index in [2.05, 4.69) is 27.4 Å².